The summed E-state index contributed by atoms with van der Waals surface area (Å²) in [6.45, 7) is 0. The Morgan fingerprint density at radius 2 is 2.08 bits per heavy atom. The second kappa shape index (κ2) is 5.78. The molecule has 0 saturated carbocycles. The molecule has 118 valence electrons. The number of hydrogen-bond donors (Lipinski definition) is 1. The molecule has 0 radical (unpaired) electrons. The summed E-state index contributed by atoms with van der Waals surface area (Å²) in [6.07, 6.45) is 6.63. The van der Waals surface area contributed by atoms with Gasteiger partial charge in [-0.15, -0.1) is 0 Å². The summed E-state index contributed by atoms with van der Waals surface area (Å²) >= 11 is 6.01. The van der Waals surface area contributed by atoms with Crippen LogP contribution >= 0.6 is 11.6 Å². The van der Waals surface area contributed by atoms with Crippen LogP contribution in [0.2, 0.25) is 5.02 Å². The molecular weight excluding hydrogens is 328 g/mol. The second-order valence-electron chi connectivity index (χ2n) is 5.02. The molecule has 8 heteroatoms. The summed E-state index contributed by atoms with van der Waals surface area (Å²) in [6, 6.07) is 10.7. The minimum absolute atomic E-state index is 0.271. The van der Waals surface area contributed by atoms with Crippen LogP contribution in [0.5, 0.6) is 0 Å². The number of halogens is 1. The third-order valence-electron chi connectivity index (χ3n) is 3.41. The predicted octanol–water partition coefficient (Wildman–Crippen LogP) is 2.82. The Kier molecular flexibility index (Phi) is 3.47. The highest BCUT2D eigenvalue weighted by molar-refractivity contribution is 6.30. The van der Waals surface area contributed by atoms with Crippen LogP contribution in [-0.2, 0) is 0 Å². The standard InChI is InChI=1S/C16H11ClN6O/c17-11-3-1-4-12(9-11)23-14(5-7-19-23)21-15(24)13-10-22-8-2-6-18-16(22)20-13/h1-10H,(H,21,24). The lowest BCUT2D eigenvalue weighted by atomic mass is 10.3. The van der Waals surface area contributed by atoms with E-state index in [2.05, 4.69) is 20.4 Å². The van der Waals surface area contributed by atoms with Crippen molar-refractivity contribution in [1.82, 2.24) is 24.1 Å². The van der Waals surface area contributed by atoms with Crippen LogP contribution in [0.25, 0.3) is 11.5 Å². The van der Waals surface area contributed by atoms with E-state index in [1.807, 2.05) is 12.1 Å². The molecule has 1 N–H and O–H groups in total. The molecule has 3 heterocycles. The third-order valence-corrected chi connectivity index (χ3v) is 3.64. The first kappa shape index (κ1) is 14.4. The summed E-state index contributed by atoms with van der Waals surface area (Å²) in [5, 5.41) is 7.61. The van der Waals surface area contributed by atoms with Gasteiger partial charge in [-0.1, -0.05) is 17.7 Å². The van der Waals surface area contributed by atoms with E-state index in [1.54, 1.807) is 58.1 Å². The molecule has 24 heavy (non-hydrogen) atoms. The predicted molar refractivity (Wildman–Crippen MR) is 89.5 cm³/mol. The van der Waals surface area contributed by atoms with Gasteiger partial charge in [-0.3, -0.25) is 9.20 Å². The van der Waals surface area contributed by atoms with Crippen molar-refractivity contribution < 1.29 is 4.79 Å². The number of fused-ring (bicyclic) bond motifs is 1. The van der Waals surface area contributed by atoms with Gasteiger partial charge in [0.05, 0.1) is 11.9 Å². The number of carbonyl (C=O) groups excluding carboxylic acids is 1. The molecule has 0 saturated heterocycles. The van der Waals surface area contributed by atoms with Crippen LogP contribution in [0, 0.1) is 0 Å². The zero-order valence-electron chi connectivity index (χ0n) is 12.3. The van der Waals surface area contributed by atoms with Crippen molar-refractivity contribution in [2.75, 3.05) is 5.32 Å². The normalized spacial score (nSPS) is 10.9. The SMILES string of the molecule is O=C(Nc1ccnn1-c1cccc(Cl)c1)c1cn2cccnc2n1. The lowest BCUT2D eigenvalue weighted by molar-refractivity contribution is 0.102. The molecule has 0 spiro atoms. The lowest BCUT2D eigenvalue weighted by Crippen LogP contribution is -2.15. The summed E-state index contributed by atoms with van der Waals surface area (Å²) in [4.78, 5) is 20.7. The average Bonchev–Trinajstić information content (AvgIpc) is 3.21. The van der Waals surface area contributed by atoms with Gasteiger partial charge in [0.25, 0.3) is 5.91 Å². The van der Waals surface area contributed by atoms with Gasteiger partial charge in [0.1, 0.15) is 11.5 Å². The number of aromatic nitrogens is 5. The third kappa shape index (κ3) is 2.61. The number of imidazole rings is 1. The van der Waals surface area contributed by atoms with E-state index >= 15 is 0 Å². The number of rotatable bonds is 3. The highest BCUT2D eigenvalue weighted by Gasteiger charge is 2.14. The first-order chi connectivity index (χ1) is 11.7. The number of amides is 1. The van der Waals surface area contributed by atoms with E-state index in [0.717, 1.165) is 5.69 Å². The van der Waals surface area contributed by atoms with Gasteiger partial charge in [-0.2, -0.15) is 5.10 Å². The van der Waals surface area contributed by atoms with E-state index in [4.69, 9.17) is 11.6 Å². The van der Waals surface area contributed by atoms with Gasteiger partial charge in [-0.05, 0) is 24.3 Å². The summed E-state index contributed by atoms with van der Waals surface area (Å²) in [5.74, 6) is 0.641. The van der Waals surface area contributed by atoms with Gasteiger partial charge < -0.3 is 5.32 Å². The maximum absolute atomic E-state index is 12.5. The molecule has 0 unspecified atom stereocenters. The van der Waals surface area contributed by atoms with Crippen molar-refractivity contribution in [3.05, 3.63) is 71.9 Å². The van der Waals surface area contributed by atoms with Gasteiger partial charge in [-0.25, -0.2) is 14.6 Å². The Balaban J connectivity index is 1.64. The Morgan fingerprint density at radius 1 is 1.17 bits per heavy atom. The van der Waals surface area contributed by atoms with E-state index in [1.165, 1.54) is 0 Å². The highest BCUT2D eigenvalue weighted by atomic mass is 35.5. The number of anilines is 1. The summed E-state index contributed by atoms with van der Waals surface area (Å²) in [5.41, 5.74) is 1.02. The Hall–Kier alpha value is -3.19. The lowest BCUT2D eigenvalue weighted by Gasteiger charge is -2.08. The van der Waals surface area contributed by atoms with Crippen LogP contribution in [0.4, 0.5) is 5.82 Å². The van der Waals surface area contributed by atoms with Gasteiger partial charge in [0, 0.05) is 29.7 Å². The molecule has 0 bridgehead atoms. The van der Waals surface area contributed by atoms with E-state index in [-0.39, 0.29) is 11.6 Å². The number of nitrogens with zero attached hydrogens (tertiary/aromatic N) is 5. The molecular formula is C16H11ClN6O. The number of hydrogen-bond acceptors (Lipinski definition) is 4. The first-order valence-corrected chi connectivity index (χ1v) is 7.49. The maximum Gasteiger partial charge on any atom is 0.277 e. The van der Waals surface area contributed by atoms with E-state index in [9.17, 15) is 4.79 Å². The fraction of sp³-hybridized carbons (Fsp3) is 0. The minimum atomic E-state index is -0.343. The second-order valence-corrected chi connectivity index (χ2v) is 5.45. The fourth-order valence-electron chi connectivity index (χ4n) is 2.33. The highest BCUT2D eigenvalue weighted by Crippen LogP contribution is 2.19. The largest absolute Gasteiger partial charge is 0.305 e. The van der Waals surface area contributed by atoms with Crippen molar-refractivity contribution >= 4 is 29.1 Å². The van der Waals surface area contributed by atoms with Crippen LogP contribution < -0.4 is 5.32 Å². The van der Waals surface area contributed by atoms with Gasteiger partial charge in [0.15, 0.2) is 0 Å². The van der Waals surface area contributed by atoms with Gasteiger partial charge in [0.2, 0.25) is 5.78 Å². The van der Waals surface area contributed by atoms with Crippen molar-refractivity contribution in [3.63, 3.8) is 0 Å². The zero-order valence-corrected chi connectivity index (χ0v) is 13.1. The Bertz CT molecular complexity index is 1000. The van der Waals surface area contributed by atoms with Crippen LogP contribution in [0.15, 0.2) is 61.2 Å². The monoisotopic (exact) mass is 338 g/mol. The average molecular weight is 339 g/mol. The Morgan fingerprint density at radius 3 is 2.92 bits per heavy atom. The number of carbonyl (C=O) groups is 1. The number of nitrogens with one attached hydrogen (secondary N) is 1. The molecule has 1 amide bonds. The Labute approximate surface area is 141 Å². The first-order valence-electron chi connectivity index (χ1n) is 7.12. The molecule has 4 rings (SSSR count). The quantitative estimate of drug-likeness (QED) is 0.623. The van der Waals surface area contributed by atoms with E-state index < -0.39 is 0 Å². The minimum Gasteiger partial charge on any atom is -0.305 e. The van der Waals surface area contributed by atoms with Crippen molar-refractivity contribution in [1.29, 1.82) is 0 Å². The maximum atomic E-state index is 12.5. The van der Waals surface area contributed by atoms with Crippen LogP contribution in [0.3, 0.4) is 0 Å². The molecule has 0 aliphatic carbocycles. The summed E-state index contributed by atoms with van der Waals surface area (Å²) < 4.78 is 3.28. The van der Waals surface area contributed by atoms with Crippen LogP contribution in [-0.4, -0.2) is 30.1 Å². The molecule has 0 aliphatic rings. The summed E-state index contributed by atoms with van der Waals surface area (Å²) in [7, 11) is 0. The zero-order chi connectivity index (χ0) is 16.5. The molecule has 0 aliphatic heterocycles. The van der Waals surface area contributed by atoms with Crippen molar-refractivity contribution in [3.8, 4) is 5.69 Å². The van der Waals surface area contributed by atoms with Crippen molar-refractivity contribution in [2.45, 2.75) is 0 Å². The smallest absolute Gasteiger partial charge is 0.277 e. The molecule has 7 nitrogen and oxygen atoms in total. The molecule has 0 atom stereocenters. The number of benzene rings is 1. The van der Waals surface area contributed by atoms with Gasteiger partial charge >= 0.3 is 0 Å². The fourth-order valence-corrected chi connectivity index (χ4v) is 2.52. The van der Waals surface area contributed by atoms with Crippen LogP contribution in [0.1, 0.15) is 10.5 Å². The van der Waals surface area contributed by atoms with Crippen molar-refractivity contribution in [2.24, 2.45) is 0 Å². The topological polar surface area (TPSA) is 77.1 Å². The molecule has 0 fully saturated rings. The molecule has 3 aromatic heterocycles. The van der Waals surface area contributed by atoms with E-state index in [0.29, 0.717) is 16.6 Å². The molecule has 1 aromatic carbocycles. The molecule has 4 aromatic rings.